The van der Waals surface area contributed by atoms with Crippen LogP contribution in [0.3, 0.4) is 0 Å². The Morgan fingerprint density at radius 2 is 2.11 bits per heavy atom. The van der Waals surface area contributed by atoms with Gasteiger partial charge >= 0.3 is 0 Å². The van der Waals surface area contributed by atoms with E-state index in [0.717, 1.165) is 60.7 Å². The van der Waals surface area contributed by atoms with Crippen LogP contribution in [-0.4, -0.2) is 65.7 Å². The maximum absolute atomic E-state index is 12.8. The van der Waals surface area contributed by atoms with Crippen molar-refractivity contribution in [1.82, 2.24) is 19.9 Å². The number of fused-ring (bicyclic) bond motifs is 1. The third kappa shape index (κ3) is 5.40. The summed E-state index contributed by atoms with van der Waals surface area (Å²) in [5.74, 6) is 2.68. The second kappa shape index (κ2) is 10.4. The van der Waals surface area contributed by atoms with Gasteiger partial charge in [0.05, 0.1) is 26.9 Å². The molecule has 2 aliphatic rings. The first-order valence-corrected chi connectivity index (χ1v) is 11.9. The van der Waals surface area contributed by atoms with Crippen molar-refractivity contribution in [2.24, 2.45) is 0 Å². The van der Waals surface area contributed by atoms with E-state index in [1.54, 1.807) is 25.6 Å². The Morgan fingerprint density at radius 1 is 1.20 bits per heavy atom. The van der Waals surface area contributed by atoms with Gasteiger partial charge in [-0.25, -0.2) is 15.0 Å². The summed E-state index contributed by atoms with van der Waals surface area (Å²) < 4.78 is 16.5. The lowest BCUT2D eigenvalue weighted by Gasteiger charge is -2.21. The van der Waals surface area contributed by atoms with Crippen molar-refractivity contribution in [1.29, 1.82) is 0 Å². The fraction of sp³-hybridized carbons (Fsp3) is 0.423. The maximum atomic E-state index is 12.8. The molecule has 9 heteroatoms. The maximum Gasteiger partial charge on any atom is 0.212 e. The number of carbonyl (C=O) groups excluding carboxylic acids is 1. The molecule has 0 aromatic carbocycles. The summed E-state index contributed by atoms with van der Waals surface area (Å²) in [5.41, 5.74) is 3.65. The highest BCUT2D eigenvalue weighted by Gasteiger charge is 2.24. The number of nitrogens with zero attached hydrogens (tertiary/aromatic N) is 5. The molecule has 3 aromatic rings. The number of aromatic nitrogens is 4. The van der Waals surface area contributed by atoms with Crippen LogP contribution in [0.1, 0.15) is 29.7 Å². The van der Waals surface area contributed by atoms with Gasteiger partial charge in [-0.1, -0.05) is 6.07 Å². The number of carbonyl (C=O) groups is 1. The highest BCUT2D eigenvalue weighted by Crippen LogP contribution is 2.31. The molecule has 1 fully saturated rings. The molecule has 4 heterocycles. The molecule has 0 N–H and O–H groups in total. The normalized spacial score (nSPS) is 16.7. The smallest absolute Gasteiger partial charge is 0.212 e. The second-order valence-corrected chi connectivity index (χ2v) is 8.91. The van der Waals surface area contributed by atoms with Crippen LogP contribution in [0.25, 0.3) is 11.5 Å². The molecule has 3 aromatic heterocycles. The van der Waals surface area contributed by atoms with Crippen LogP contribution < -0.4 is 14.4 Å². The highest BCUT2D eigenvalue weighted by atomic mass is 16.5. The van der Waals surface area contributed by atoms with Crippen molar-refractivity contribution in [3.05, 3.63) is 53.5 Å². The summed E-state index contributed by atoms with van der Waals surface area (Å²) in [6.07, 6.45) is 7.45. The van der Waals surface area contributed by atoms with E-state index in [2.05, 4.69) is 9.97 Å². The fourth-order valence-electron chi connectivity index (χ4n) is 4.51. The zero-order valence-corrected chi connectivity index (χ0v) is 20.1. The average molecular weight is 476 g/mol. The molecule has 0 amide bonds. The molecule has 0 saturated carbocycles. The molecule has 1 aliphatic heterocycles. The number of anilines is 1. The van der Waals surface area contributed by atoms with Gasteiger partial charge in [-0.15, -0.1) is 0 Å². The van der Waals surface area contributed by atoms with E-state index in [4.69, 9.17) is 24.2 Å². The summed E-state index contributed by atoms with van der Waals surface area (Å²) in [7, 11) is 3.47. The first-order valence-electron chi connectivity index (χ1n) is 11.9. The van der Waals surface area contributed by atoms with Crippen LogP contribution in [0, 0.1) is 0 Å². The lowest BCUT2D eigenvalue weighted by molar-refractivity contribution is -0.117. The molecule has 35 heavy (non-hydrogen) atoms. The van der Waals surface area contributed by atoms with Crippen LogP contribution in [0.5, 0.6) is 11.6 Å². The molecule has 5 rings (SSSR count). The van der Waals surface area contributed by atoms with Crippen LogP contribution >= 0.6 is 0 Å². The van der Waals surface area contributed by atoms with Gasteiger partial charge in [0.25, 0.3) is 0 Å². The van der Waals surface area contributed by atoms with Crippen molar-refractivity contribution in [3.63, 3.8) is 0 Å². The predicted molar refractivity (Wildman–Crippen MR) is 130 cm³/mol. The van der Waals surface area contributed by atoms with Crippen LogP contribution in [-0.2, 0) is 28.8 Å². The van der Waals surface area contributed by atoms with E-state index < -0.39 is 0 Å². The van der Waals surface area contributed by atoms with Crippen LogP contribution in [0.15, 0.2) is 36.7 Å². The lowest BCUT2D eigenvalue weighted by atomic mass is 10.1. The number of hydrogen-bond acceptors (Lipinski definition) is 9. The molecule has 1 saturated heterocycles. The van der Waals surface area contributed by atoms with Gasteiger partial charge in [-0.3, -0.25) is 9.78 Å². The van der Waals surface area contributed by atoms with E-state index in [1.165, 1.54) is 0 Å². The first kappa shape index (κ1) is 23.2. The number of methoxy groups -OCH3 is 1. The monoisotopic (exact) mass is 475 g/mol. The number of hydrogen-bond donors (Lipinski definition) is 0. The van der Waals surface area contributed by atoms with Gasteiger partial charge in [0, 0.05) is 55.7 Å². The average Bonchev–Trinajstić information content (AvgIpc) is 3.56. The molecule has 182 valence electrons. The van der Waals surface area contributed by atoms with Gasteiger partial charge in [-0.2, -0.15) is 0 Å². The number of pyridine rings is 2. The standard InChI is InChI=1S/C26H29N5O4/c1-31(15-18(32)12-17-6-7-24(33-2)28-14-17)26-21-4-3-5-22(21)29-25(30-26)23-13-19(8-10-27-23)35-20-9-11-34-16-20/h6-8,10,13-14,20H,3-5,9,11-12,15-16H2,1-2H3/t20-/m1/s1. The van der Waals surface area contributed by atoms with Crippen LogP contribution in [0.2, 0.25) is 0 Å². The molecule has 0 radical (unpaired) electrons. The van der Waals surface area contributed by atoms with Gasteiger partial charge < -0.3 is 19.1 Å². The molecule has 1 aliphatic carbocycles. The summed E-state index contributed by atoms with van der Waals surface area (Å²) in [6, 6.07) is 7.35. The van der Waals surface area contributed by atoms with Crippen molar-refractivity contribution >= 4 is 11.6 Å². The Hall–Kier alpha value is -3.59. The van der Waals surface area contributed by atoms with Gasteiger partial charge in [-0.05, 0) is 30.9 Å². The topological polar surface area (TPSA) is 99.6 Å². The zero-order chi connectivity index (χ0) is 24.2. The quantitative estimate of drug-likeness (QED) is 0.462. The third-order valence-corrected chi connectivity index (χ3v) is 6.25. The number of likely N-dealkylation sites (N-methyl/N-ethyl adjacent to an activating group) is 1. The summed E-state index contributed by atoms with van der Waals surface area (Å²) in [4.78, 5) is 33.1. The summed E-state index contributed by atoms with van der Waals surface area (Å²) >= 11 is 0. The van der Waals surface area contributed by atoms with Crippen LogP contribution in [0.4, 0.5) is 5.82 Å². The van der Waals surface area contributed by atoms with Gasteiger partial charge in [0.15, 0.2) is 11.6 Å². The Bertz CT molecular complexity index is 1190. The molecule has 0 unspecified atom stereocenters. The first-order chi connectivity index (χ1) is 17.1. The minimum absolute atomic E-state index is 0.0554. The molecule has 1 atom stereocenters. The predicted octanol–water partition coefficient (Wildman–Crippen LogP) is 2.85. The lowest BCUT2D eigenvalue weighted by Crippen LogP contribution is -2.28. The number of aryl methyl sites for hydroxylation is 1. The molecule has 0 spiro atoms. The number of ether oxygens (including phenoxy) is 3. The Morgan fingerprint density at radius 3 is 2.89 bits per heavy atom. The minimum atomic E-state index is 0.0554. The van der Waals surface area contributed by atoms with Gasteiger partial charge in [0.1, 0.15) is 23.4 Å². The van der Waals surface area contributed by atoms with Crippen molar-refractivity contribution in [2.45, 2.75) is 38.2 Å². The molecule has 0 bridgehead atoms. The number of ketones is 1. The highest BCUT2D eigenvalue weighted by molar-refractivity contribution is 5.85. The van der Waals surface area contributed by atoms with E-state index in [0.29, 0.717) is 30.4 Å². The zero-order valence-electron chi connectivity index (χ0n) is 20.1. The van der Waals surface area contributed by atoms with Gasteiger partial charge in [0.2, 0.25) is 5.88 Å². The largest absolute Gasteiger partial charge is 0.488 e. The Balaban J connectivity index is 1.34. The number of Topliss-reactive ketones (excluding diaryl/α,β-unsaturated/α-hetero) is 1. The Labute approximate surface area is 204 Å². The SMILES string of the molecule is COc1ccc(CC(=O)CN(C)c2nc(-c3cc(O[C@@H]4CCOC4)ccn3)nc3c2CCC3)cn1. The van der Waals surface area contributed by atoms with Crippen molar-refractivity contribution in [2.75, 3.05) is 38.8 Å². The summed E-state index contributed by atoms with van der Waals surface area (Å²) in [5, 5.41) is 0. The Kier molecular flexibility index (Phi) is 6.85. The van der Waals surface area contributed by atoms with Crippen molar-refractivity contribution in [3.8, 4) is 23.1 Å². The molecular weight excluding hydrogens is 446 g/mol. The summed E-state index contributed by atoms with van der Waals surface area (Å²) in [6.45, 7) is 1.57. The molecular formula is C26H29N5O4. The minimum Gasteiger partial charge on any atom is -0.488 e. The number of rotatable bonds is 9. The van der Waals surface area contributed by atoms with E-state index in [-0.39, 0.29) is 18.4 Å². The second-order valence-electron chi connectivity index (χ2n) is 8.91. The third-order valence-electron chi connectivity index (χ3n) is 6.25. The fourth-order valence-corrected chi connectivity index (χ4v) is 4.51. The van der Waals surface area contributed by atoms with E-state index >= 15 is 0 Å². The van der Waals surface area contributed by atoms with E-state index in [9.17, 15) is 4.79 Å². The van der Waals surface area contributed by atoms with E-state index in [1.807, 2.05) is 30.1 Å². The van der Waals surface area contributed by atoms with Crippen molar-refractivity contribution < 1.29 is 19.0 Å². The molecule has 9 nitrogen and oxygen atoms in total.